The number of hydrogen-bond donors (Lipinski definition) is 1. The van der Waals surface area contributed by atoms with Gasteiger partial charge in [-0.2, -0.15) is 4.98 Å². The van der Waals surface area contributed by atoms with Gasteiger partial charge in [-0.15, -0.1) is 0 Å². The van der Waals surface area contributed by atoms with Crippen LogP contribution in [0.15, 0.2) is 35.3 Å². The molecule has 1 saturated heterocycles. The van der Waals surface area contributed by atoms with Gasteiger partial charge in [0, 0.05) is 37.1 Å². The van der Waals surface area contributed by atoms with Crippen LogP contribution < -0.4 is 20.5 Å². The number of nitrogens with one attached hydrogen (secondary N) is 1. The number of fused-ring (bicyclic) bond motifs is 1. The molecule has 0 spiro atoms. The van der Waals surface area contributed by atoms with E-state index in [0.29, 0.717) is 35.7 Å². The predicted octanol–water partition coefficient (Wildman–Crippen LogP) is 5.44. The molecule has 1 aromatic carbocycles. The molecule has 9 heteroatoms. The second-order valence-electron chi connectivity index (χ2n) is 9.93. The summed E-state index contributed by atoms with van der Waals surface area (Å²) in [5, 5.41) is 4.56. The first-order valence-corrected chi connectivity index (χ1v) is 13.0. The number of halogens is 1. The predicted molar refractivity (Wildman–Crippen MR) is 145 cm³/mol. The third-order valence-corrected chi connectivity index (χ3v) is 6.73. The van der Waals surface area contributed by atoms with Crippen LogP contribution in [0.3, 0.4) is 0 Å². The number of benzene rings is 1. The number of ketones is 1. The van der Waals surface area contributed by atoms with Crippen LogP contribution in [0.1, 0.15) is 47.0 Å². The Bertz CT molecular complexity index is 1300. The van der Waals surface area contributed by atoms with Gasteiger partial charge < -0.3 is 19.5 Å². The van der Waals surface area contributed by atoms with Gasteiger partial charge in [-0.25, -0.2) is 4.98 Å². The molecule has 3 heterocycles. The fourth-order valence-electron chi connectivity index (χ4n) is 4.29. The molecular weight excluding hydrogens is 478 g/mol. The largest absolute Gasteiger partial charge is 0.480 e. The molecule has 0 amide bonds. The van der Waals surface area contributed by atoms with Crippen molar-refractivity contribution in [2.24, 2.45) is 11.8 Å². The van der Waals surface area contributed by atoms with E-state index in [4.69, 9.17) is 21.3 Å². The minimum atomic E-state index is -0.236. The maximum atomic E-state index is 13.1. The van der Waals surface area contributed by atoms with E-state index in [1.807, 2.05) is 18.2 Å². The average Bonchev–Trinajstić information content (AvgIpc) is 2.86. The summed E-state index contributed by atoms with van der Waals surface area (Å²) in [6, 6.07) is 7.44. The monoisotopic (exact) mass is 511 g/mol. The number of pyridine rings is 1. The van der Waals surface area contributed by atoms with Crippen LogP contribution in [0, 0.1) is 11.8 Å². The number of carbonyl (C=O) groups is 1. The van der Waals surface area contributed by atoms with Gasteiger partial charge in [0.25, 0.3) is 5.56 Å². The Kier molecular flexibility index (Phi) is 8.14. The van der Waals surface area contributed by atoms with E-state index in [2.05, 4.69) is 36.0 Å². The highest BCUT2D eigenvalue weighted by atomic mass is 35.5. The van der Waals surface area contributed by atoms with Gasteiger partial charge in [0.05, 0.1) is 11.7 Å². The molecule has 2 aromatic heterocycles. The van der Waals surface area contributed by atoms with Crippen molar-refractivity contribution >= 4 is 45.7 Å². The third kappa shape index (κ3) is 5.98. The van der Waals surface area contributed by atoms with Crippen molar-refractivity contribution in [3.05, 3.63) is 45.8 Å². The number of aromatic nitrogens is 3. The standard InChI is InChI=1S/C27H34ClN5O3/c1-5-21(34)16-36-24-13-19-12-20(6-7-23(19)33(26(24)35)15-17(2)3)30-25-22(28)14-29-27(31-25)32-10-8-18(4)9-11-32/h6-7,12-14,17-18H,5,8-11,15-16H2,1-4H3,(H,29,30,31). The van der Waals surface area contributed by atoms with Gasteiger partial charge in [-0.05, 0) is 48.9 Å². The molecule has 1 aliphatic rings. The molecule has 1 fully saturated rings. The molecule has 1 aliphatic heterocycles. The Balaban J connectivity index is 1.66. The molecule has 8 nitrogen and oxygen atoms in total. The highest BCUT2D eigenvalue weighted by Gasteiger charge is 2.19. The molecule has 36 heavy (non-hydrogen) atoms. The Labute approximate surface area is 216 Å². The van der Waals surface area contributed by atoms with Crippen LogP contribution >= 0.6 is 11.6 Å². The van der Waals surface area contributed by atoms with Crippen molar-refractivity contribution in [3.63, 3.8) is 0 Å². The van der Waals surface area contributed by atoms with E-state index in [9.17, 15) is 9.59 Å². The number of carbonyl (C=O) groups excluding carboxylic acids is 1. The van der Waals surface area contributed by atoms with E-state index in [1.54, 1.807) is 23.8 Å². The zero-order valence-corrected chi connectivity index (χ0v) is 22.1. The summed E-state index contributed by atoms with van der Waals surface area (Å²) in [5.41, 5.74) is 1.33. The van der Waals surface area contributed by atoms with Crippen molar-refractivity contribution in [1.29, 1.82) is 0 Å². The van der Waals surface area contributed by atoms with Crippen molar-refractivity contribution in [2.75, 3.05) is 29.9 Å². The summed E-state index contributed by atoms with van der Waals surface area (Å²) in [4.78, 5) is 36.2. The maximum absolute atomic E-state index is 13.1. The lowest BCUT2D eigenvalue weighted by Gasteiger charge is -2.30. The topological polar surface area (TPSA) is 89.3 Å². The van der Waals surface area contributed by atoms with Gasteiger partial charge in [0.2, 0.25) is 5.95 Å². The molecule has 3 aromatic rings. The molecule has 0 atom stereocenters. The Morgan fingerprint density at radius 1 is 1.25 bits per heavy atom. The van der Waals surface area contributed by atoms with E-state index in [0.717, 1.165) is 42.5 Å². The van der Waals surface area contributed by atoms with Crippen molar-refractivity contribution in [1.82, 2.24) is 14.5 Å². The van der Waals surface area contributed by atoms with E-state index >= 15 is 0 Å². The van der Waals surface area contributed by atoms with Crippen molar-refractivity contribution < 1.29 is 9.53 Å². The smallest absolute Gasteiger partial charge is 0.293 e. The van der Waals surface area contributed by atoms with Gasteiger partial charge in [-0.3, -0.25) is 9.59 Å². The van der Waals surface area contributed by atoms with Gasteiger partial charge in [0.15, 0.2) is 17.4 Å². The summed E-state index contributed by atoms with van der Waals surface area (Å²) >= 11 is 6.44. The van der Waals surface area contributed by atoms with E-state index in [1.165, 1.54) is 0 Å². The van der Waals surface area contributed by atoms with Crippen LogP contribution in [0.2, 0.25) is 5.02 Å². The van der Waals surface area contributed by atoms with Crippen molar-refractivity contribution in [3.8, 4) is 5.75 Å². The number of hydrogen-bond acceptors (Lipinski definition) is 7. The lowest BCUT2D eigenvalue weighted by atomic mass is 10.00. The molecule has 0 saturated carbocycles. The zero-order valence-electron chi connectivity index (χ0n) is 21.4. The number of Topliss-reactive ketones (excluding diaryl/α,β-unsaturated/α-hetero) is 1. The highest BCUT2D eigenvalue weighted by molar-refractivity contribution is 6.32. The van der Waals surface area contributed by atoms with E-state index in [-0.39, 0.29) is 29.6 Å². The maximum Gasteiger partial charge on any atom is 0.293 e. The van der Waals surface area contributed by atoms with Crippen LogP contribution in [0.5, 0.6) is 5.75 Å². The number of piperidine rings is 1. The van der Waals surface area contributed by atoms with Crippen molar-refractivity contribution in [2.45, 2.75) is 53.5 Å². The van der Waals surface area contributed by atoms with Gasteiger partial charge >= 0.3 is 0 Å². The highest BCUT2D eigenvalue weighted by Crippen LogP contribution is 2.29. The molecule has 0 bridgehead atoms. The van der Waals surface area contributed by atoms with E-state index < -0.39 is 0 Å². The van der Waals surface area contributed by atoms with Crippen LogP contribution in [0.4, 0.5) is 17.5 Å². The Morgan fingerprint density at radius 2 is 2.00 bits per heavy atom. The summed E-state index contributed by atoms with van der Waals surface area (Å²) in [7, 11) is 0. The number of rotatable bonds is 9. The fourth-order valence-corrected chi connectivity index (χ4v) is 4.43. The molecule has 192 valence electrons. The zero-order chi connectivity index (χ0) is 25.8. The first kappa shape index (κ1) is 25.9. The second-order valence-corrected chi connectivity index (χ2v) is 10.3. The quantitative estimate of drug-likeness (QED) is 0.409. The number of nitrogens with zero attached hydrogens (tertiary/aromatic N) is 4. The lowest BCUT2D eigenvalue weighted by molar-refractivity contribution is -0.120. The van der Waals surface area contributed by atoms with Crippen LogP contribution in [-0.2, 0) is 11.3 Å². The minimum Gasteiger partial charge on any atom is -0.480 e. The summed E-state index contributed by atoms with van der Waals surface area (Å²) in [6.07, 6.45) is 4.22. The first-order chi connectivity index (χ1) is 17.2. The molecule has 0 radical (unpaired) electrons. The lowest BCUT2D eigenvalue weighted by Crippen LogP contribution is -2.34. The Morgan fingerprint density at radius 3 is 2.69 bits per heavy atom. The summed E-state index contributed by atoms with van der Waals surface area (Å²) < 4.78 is 7.35. The first-order valence-electron chi connectivity index (χ1n) is 12.6. The molecular formula is C27H34ClN5O3. The average molecular weight is 512 g/mol. The molecule has 0 unspecified atom stereocenters. The summed E-state index contributed by atoms with van der Waals surface area (Å²) in [6.45, 7) is 10.4. The molecule has 0 aliphatic carbocycles. The van der Waals surface area contributed by atoms with Gasteiger partial charge in [-0.1, -0.05) is 39.3 Å². The second kappa shape index (κ2) is 11.3. The number of anilines is 3. The summed E-state index contributed by atoms with van der Waals surface area (Å²) in [5.74, 6) is 2.27. The fraction of sp³-hybridized carbons (Fsp3) is 0.481. The van der Waals surface area contributed by atoms with Crippen LogP contribution in [0.25, 0.3) is 10.9 Å². The normalized spacial score (nSPS) is 14.4. The minimum absolute atomic E-state index is 0.0577. The van der Waals surface area contributed by atoms with Gasteiger partial charge in [0.1, 0.15) is 11.6 Å². The SMILES string of the molecule is CCC(=O)COc1cc2cc(Nc3nc(N4CCC(C)CC4)ncc3Cl)ccc2n(CC(C)C)c1=O. The molecule has 4 rings (SSSR count). The van der Waals surface area contributed by atoms with Crippen LogP contribution in [-0.4, -0.2) is 40.0 Å². The molecule has 1 N–H and O–H groups in total. The Hall–Kier alpha value is -3.13. The third-order valence-electron chi connectivity index (χ3n) is 6.45. The number of ether oxygens (including phenoxy) is 1.